The van der Waals surface area contributed by atoms with Gasteiger partial charge >= 0.3 is 18.9 Å². The van der Waals surface area contributed by atoms with Crippen LogP contribution in [0.1, 0.15) is 26.7 Å². The van der Waals surface area contributed by atoms with Crippen LogP contribution < -0.4 is 18.9 Å². The minimum atomic E-state index is 0. The monoisotopic (exact) mass is 147 g/mol. The van der Waals surface area contributed by atoms with Gasteiger partial charge in [-0.15, -0.1) is 0 Å². The molecule has 0 amide bonds. The maximum atomic E-state index is 4.09. The summed E-state index contributed by atoms with van der Waals surface area (Å²) in [5.41, 5.74) is 0.240. The van der Waals surface area contributed by atoms with Crippen molar-refractivity contribution in [2.24, 2.45) is 5.41 Å². The van der Waals surface area contributed by atoms with E-state index < -0.39 is 0 Å². The van der Waals surface area contributed by atoms with Gasteiger partial charge in [-0.1, -0.05) is 13.8 Å². The summed E-state index contributed by atoms with van der Waals surface area (Å²) in [4.78, 5) is 2.51. The first-order valence-corrected chi connectivity index (χ1v) is 4.16. The fourth-order valence-corrected chi connectivity index (χ4v) is 1.55. The molecule has 1 nitrogen and oxygen atoms in total. The second kappa shape index (κ2) is 4.55. The second-order valence-corrected chi connectivity index (χ2v) is 4.15. The van der Waals surface area contributed by atoms with Crippen molar-refractivity contribution >= 4 is 0 Å². The van der Waals surface area contributed by atoms with Crippen molar-refractivity contribution in [2.75, 3.05) is 19.6 Å². The Bertz CT molecular complexity index is 101. The van der Waals surface area contributed by atoms with Crippen molar-refractivity contribution in [1.29, 1.82) is 0 Å². The molecule has 0 radical (unpaired) electrons. The number of rotatable bonds is 2. The van der Waals surface area contributed by atoms with Crippen molar-refractivity contribution < 1.29 is 18.9 Å². The van der Waals surface area contributed by atoms with Crippen LogP contribution in [0.3, 0.4) is 0 Å². The fraction of sp³-hybridized carbons (Fsp3) is 0.889. The zero-order valence-corrected chi connectivity index (χ0v) is 8.19. The Kier molecular flexibility index (Phi) is 4.78. The van der Waals surface area contributed by atoms with Crippen LogP contribution >= 0.6 is 0 Å². The van der Waals surface area contributed by atoms with E-state index in [1.165, 1.54) is 25.9 Å². The zero-order valence-electron chi connectivity index (χ0n) is 8.19. The number of nitrogens with zero attached hydrogens (tertiary/aromatic N) is 1. The molecule has 1 fully saturated rings. The Balaban J connectivity index is 0.000001000. The van der Waals surface area contributed by atoms with E-state index in [2.05, 4.69) is 25.7 Å². The van der Waals surface area contributed by atoms with Crippen LogP contribution in [0.15, 0.2) is 0 Å². The van der Waals surface area contributed by atoms with Crippen molar-refractivity contribution in [2.45, 2.75) is 26.7 Å². The molecule has 1 aliphatic heterocycles. The minimum absolute atomic E-state index is 0. The van der Waals surface area contributed by atoms with E-state index in [1.807, 2.05) is 0 Å². The predicted octanol–water partition coefficient (Wildman–Crippen LogP) is -1.05. The van der Waals surface area contributed by atoms with Gasteiger partial charge in [0.15, 0.2) is 0 Å². The Hall–Kier alpha value is 0.557. The largest absolute Gasteiger partial charge is 1.00 e. The van der Waals surface area contributed by atoms with E-state index in [0.717, 1.165) is 6.54 Å². The molecule has 1 saturated heterocycles. The van der Waals surface area contributed by atoms with E-state index in [4.69, 9.17) is 0 Å². The van der Waals surface area contributed by atoms with Gasteiger partial charge in [0.2, 0.25) is 0 Å². The molecule has 0 aliphatic carbocycles. The van der Waals surface area contributed by atoms with Gasteiger partial charge in [-0.05, 0) is 32.5 Å². The summed E-state index contributed by atoms with van der Waals surface area (Å²) in [5.74, 6) is 0. The molecule has 11 heavy (non-hydrogen) atoms. The molecule has 0 atom stereocenters. The number of likely N-dealkylation sites (tertiary alicyclic amines) is 1. The van der Waals surface area contributed by atoms with Crippen molar-refractivity contribution in [3.8, 4) is 0 Å². The molecule has 1 aliphatic rings. The average molecular weight is 147 g/mol. The van der Waals surface area contributed by atoms with Crippen molar-refractivity contribution in [3.63, 3.8) is 0 Å². The third-order valence-electron chi connectivity index (χ3n) is 1.85. The number of hydrogen-bond donors (Lipinski definition) is 0. The molecule has 1 rings (SSSR count). The molecule has 0 aromatic rings. The van der Waals surface area contributed by atoms with E-state index in [0.29, 0.717) is 0 Å². The fourth-order valence-electron chi connectivity index (χ4n) is 1.55. The summed E-state index contributed by atoms with van der Waals surface area (Å²) >= 11 is 0. The summed E-state index contributed by atoms with van der Waals surface area (Å²) < 4.78 is 0. The third kappa shape index (κ3) is 4.90. The summed E-state index contributed by atoms with van der Waals surface area (Å²) in [6.07, 6.45) is 2.77. The maximum absolute atomic E-state index is 4.09. The van der Waals surface area contributed by atoms with E-state index in [9.17, 15) is 0 Å². The molecule has 1 heterocycles. The van der Waals surface area contributed by atoms with Crippen LogP contribution in [0.25, 0.3) is 0 Å². The summed E-state index contributed by atoms with van der Waals surface area (Å²) in [7, 11) is 0. The molecule has 0 N–H and O–H groups in total. The molecule has 0 spiro atoms. The molecule has 0 aromatic carbocycles. The summed E-state index contributed by atoms with van der Waals surface area (Å²) in [6.45, 7) is 12.2. The van der Waals surface area contributed by atoms with Gasteiger partial charge in [0.25, 0.3) is 0 Å². The molecular formula is C9H18LiN. The zero-order chi connectivity index (χ0) is 7.61. The van der Waals surface area contributed by atoms with Crippen molar-refractivity contribution in [3.05, 3.63) is 6.92 Å². The SMILES string of the molecule is [CH2-]C(C)(C)CN1CCCC1.[Li+]. The van der Waals surface area contributed by atoms with Crippen LogP contribution in [0, 0.1) is 12.3 Å². The van der Waals surface area contributed by atoms with Gasteiger partial charge in [-0.25, -0.2) is 0 Å². The summed E-state index contributed by atoms with van der Waals surface area (Å²) in [5, 5.41) is 0. The van der Waals surface area contributed by atoms with Gasteiger partial charge in [-0.3, -0.25) is 0 Å². The predicted molar refractivity (Wildman–Crippen MR) is 44.8 cm³/mol. The van der Waals surface area contributed by atoms with Crippen LogP contribution in [0.5, 0.6) is 0 Å². The Labute approximate surface area is 82.7 Å². The van der Waals surface area contributed by atoms with Crippen molar-refractivity contribution in [1.82, 2.24) is 4.90 Å². The van der Waals surface area contributed by atoms with Gasteiger partial charge in [0.05, 0.1) is 0 Å². The standard InChI is InChI=1S/C9H18N.Li/c1-9(2,3)8-10-6-4-5-7-10;/h1,4-8H2,2-3H3;/q-1;+1. The number of hydrogen-bond acceptors (Lipinski definition) is 1. The first-order valence-electron chi connectivity index (χ1n) is 4.16. The smallest absolute Gasteiger partial charge is 0.337 e. The minimum Gasteiger partial charge on any atom is -0.337 e. The molecule has 0 bridgehead atoms. The molecular weight excluding hydrogens is 129 g/mol. The Morgan fingerprint density at radius 3 is 2.09 bits per heavy atom. The Morgan fingerprint density at radius 1 is 1.27 bits per heavy atom. The van der Waals surface area contributed by atoms with Crippen LogP contribution in [-0.2, 0) is 0 Å². The first-order chi connectivity index (χ1) is 4.58. The summed E-state index contributed by atoms with van der Waals surface area (Å²) in [6, 6.07) is 0. The maximum Gasteiger partial charge on any atom is 1.00 e. The van der Waals surface area contributed by atoms with Crippen LogP contribution in [0.4, 0.5) is 0 Å². The van der Waals surface area contributed by atoms with Gasteiger partial charge in [0.1, 0.15) is 0 Å². The molecule has 0 saturated carbocycles. The molecule has 60 valence electrons. The first kappa shape index (κ1) is 11.6. The molecule has 0 unspecified atom stereocenters. The molecule has 0 aromatic heterocycles. The van der Waals surface area contributed by atoms with E-state index in [1.54, 1.807) is 0 Å². The van der Waals surface area contributed by atoms with E-state index >= 15 is 0 Å². The van der Waals surface area contributed by atoms with Gasteiger partial charge in [-0.2, -0.15) is 5.41 Å². The van der Waals surface area contributed by atoms with Crippen LogP contribution in [-0.4, -0.2) is 24.5 Å². The normalized spacial score (nSPS) is 19.9. The van der Waals surface area contributed by atoms with E-state index in [-0.39, 0.29) is 24.3 Å². The quantitative estimate of drug-likeness (QED) is 0.356. The van der Waals surface area contributed by atoms with Gasteiger partial charge < -0.3 is 11.8 Å². The van der Waals surface area contributed by atoms with Crippen LogP contribution in [0.2, 0.25) is 0 Å². The Morgan fingerprint density at radius 2 is 1.73 bits per heavy atom. The molecule has 2 heteroatoms. The third-order valence-corrected chi connectivity index (χ3v) is 1.85. The second-order valence-electron chi connectivity index (χ2n) is 4.15. The van der Waals surface area contributed by atoms with Gasteiger partial charge in [0, 0.05) is 0 Å². The average Bonchev–Trinajstić information content (AvgIpc) is 2.12. The topological polar surface area (TPSA) is 3.24 Å².